The highest BCUT2D eigenvalue weighted by molar-refractivity contribution is 4.94. The van der Waals surface area contributed by atoms with Crippen LogP contribution in [0.4, 0.5) is 0 Å². The van der Waals surface area contributed by atoms with Gasteiger partial charge < -0.3 is 5.32 Å². The third-order valence-electron chi connectivity index (χ3n) is 3.85. The van der Waals surface area contributed by atoms with Crippen molar-refractivity contribution in [2.75, 3.05) is 0 Å². The van der Waals surface area contributed by atoms with Crippen LogP contribution >= 0.6 is 0 Å². The molecule has 0 amide bonds. The Kier molecular flexibility index (Phi) is 5.84. The second-order valence-corrected chi connectivity index (χ2v) is 5.41. The Hall–Kier alpha value is -0.550. The lowest BCUT2D eigenvalue weighted by molar-refractivity contribution is 0.296. The van der Waals surface area contributed by atoms with Gasteiger partial charge in [0.25, 0.3) is 0 Å². The first-order valence-corrected chi connectivity index (χ1v) is 6.84. The molecule has 0 saturated heterocycles. The molecule has 1 aliphatic rings. The molecule has 0 aromatic carbocycles. The van der Waals surface area contributed by atoms with Gasteiger partial charge in [0, 0.05) is 12.1 Å². The topological polar surface area (TPSA) is 35.8 Å². The average Bonchev–Trinajstić information content (AvgIpc) is 2.49. The summed E-state index contributed by atoms with van der Waals surface area (Å²) < 4.78 is 0. The first-order valence-electron chi connectivity index (χ1n) is 6.84. The van der Waals surface area contributed by atoms with Crippen molar-refractivity contribution in [3.8, 4) is 6.07 Å². The summed E-state index contributed by atoms with van der Waals surface area (Å²) in [6.07, 6.45) is 7.24. The molecule has 3 atom stereocenters. The fourth-order valence-corrected chi connectivity index (χ4v) is 2.72. The first kappa shape index (κ1) is 13.5. The largest absolute Gasteiger partial charge is 0.310 e. The van der Waals surface area contributed by atoms with E-state index in [4.69, 9.17) is 0 Å². The van der Waals surface area contributed by atoms with Crippen molar-refractivity contribution in [2.45, 2.75) is 71.4 Å². The number of rotatable bonds is 4. The van der Waals surface area contributed by atoms with E-state index in [-0.39, 0.29) is 5.92 Å². The number of hydrogen-bond acceptors (Lipinski definition) is 2. The van der Waals surface area contributed by atoms with Gasteiger partial charge in [-0.3, -0.25) is 0 Å². The fraction of sp³-hybridized carbons (Fsp3) is 0.929. The fourth-order valence-electron chi connectivity index (χ4n) is 2.72. The maximum atomic E-state index is 9.22. The molecule has 0 aromatic rings. The third kappa shape index (κ3) is 3.79. The van der Waals surface area contributed by atoms with Gasteiger partial charge in [0.2, 0.25) is 0 Å². The Morgan fingerprint density at radius 2 is 1.94 bits per heavy atom. The predicted octanol–water partition coefficient (Wildman–Crippen LogP) is 3.48. The van der Waals surface area contributed by atoms with E-state index in [2.05, 4.69) is 32.2 Å². The molecule has 0 aromatic heterocycles. The zero-order chi connectivity index (χ0) is 12.0. The van der Waals surface area contributed by atoms with Crippen molar-refractivity contribution in [2.24, 2.45) is 11.8 Å². The quantitative estimate of drug-likeness (QED) is 0.739. The first-order chi connectivity index (χ1) is 7.69. The molecule has 1 rings (SSSR count). The van der Waals surface area contributed by atoms with Gasteiger partial charge in [0.1, 0.15) is 0 Å². The van der Waals surface area contributed by atoms with Gasteiger partial charge in [0.05, 0.1) is 12.0 Å². The van der Waals surface area contributed by atoms with Crippen LogP contribution in [0.2, 0.25) is 0 Å². The van der Waals surface area contributed by atoms with Crippen LogP contribution in [0, 0.1) is 23.2 Å². The molecule has 1 aliphatic carbocycles. The van der Waals surface area contributed by atoms with Crippen molar-refractivity contribution < 1.29 is 0 Å². The molecule has 1 saturated carbocycles. The lowest BCUT2D eigenvalue weighted by Gasteiger charge is -2.29. The maximum Gasteiger partial charge on any atom is 0.0672 e. The van der Waals surface area contributed by atoms with Crippen LogP contribution in [0.3, 0.4) is 0 Å². The highest BCUT2D eigenvalue weighted by Crippen LogP contribution is 2.24. The van der Waals surface area contributed by atoms with Gasteiger partial charge in [0.15, 0.2) is 0 Å². The van der Waals surface area contributed by atoms with Crippen LogP contribution in [0.15, 0.2) is 0 Å². The summed E-state index contributed by atoms with van der Waals surface area (Å²) in [5, 5.41) is 12.9. The van der Waals surface area contributed by atoms with E-state index in [1.165, 1.54) is 25.7 Å². The monoisotopic (exact) mass is 222 g/mol. The number of nitrogens with zero attached hydrogens (tertiary/aromatic N) is 1. The van der Waals surface area contributed by atoms with E-state index >= 15 is 0 Å². The summed E-state index contributed by atoms with van der Waals surface area (Å²) in [6.45, 7) is 6.76. The van der Waals surface area contributed by atoms with Crippen molar-refractivity contribution >= 4 is 0 Å². The summed E-state index contributed by atoms with van der Waals surface area (Å²) in [5.74, 6) is 0.892. The molecule has 0 spiro atoms. The van der Waals surface area contributed by atoms with Gasteiger partial charge in [-0.05, 0) is 25.2 Å². The summed E-state index contributed by atoms with van der Waals surface area (Å²) in [4.78, 5) is 0. The minimum Gasteiger partial charge on any atom is -0.310 e. The molecule has 1 fully saturated rings. The molecule has 2 nitrogen and oxygen atoms in total. The normalized spacial score (nSPS) is 28.4. The average molecular weight is 222 g/mol. The molecular weight excluding hydrogens is 196 g/mol. The van der Waals surface area contributed by atoms with E-state index in [1.807, 2.05) is 0 Å². The molecule has 0 radical (unpaired) electrons. The summed E-state index contributed by atoms with van der Waals surface area (Å²) in [5.41, 5.74) is 0. The Morgan fingerprint density at radius 1 is 1.25 bits per heavy atom. The number of nitriles is 1. The molecule has 0 bridgehead atoms. The van der Waals surface area contributed by atoms with E-state index in [0.717, 1.165) is 12.8 Å². The van der Waals surface area contributed by atoms with E-state index in [1.54, 1.807) is 0 Å². The number of nitrogens with one attached hydrogen (secondary N) is 1. The SMILES string of the molecule is CCC(NC1CCCCCC1C#N)C(C)C. The smallest absolute Gasteiger partial charge is 0.0672 e. The molecule has 2 heteroatoms. The molecule has 92 valence electrons. The zero-order valence-corrected chi connectivity index (χ0v) is 11.0. The van der Waals surface area contributed by atoms with Crippen molar-refractivity contribution in [3.05, 3.63) is 0 Å². The second-order valence-electron chi connectivity index (χ2n) is 5.41. The summed E-state index contributed by atoms with van der Waals surface area (Å²) >= 11 is 0. The van der Waals surface area contributed by atoms with Crippen LogP contribution in [0.1, 0.15) is 59.3 Å². The van der Waals surface area contributed by atoms with Crippen LogP contribution < -0.4 is 5.32 Å². The van der Waals surface area contributed by atoms with Gasteiger partial charge >= 0.3 is 0 Å². The maximum absolute atomic E-state index is 9.22. The molecule has 1 N–H and O–H groups in total. The highest BCUT2D eigenvalue weighted by atomic mass is 15.0. The van der Waals surface area contributed by atoms with Crippen LogP contribution in [0.5, 0.6) is 0 Å². The van der Waals surface area contributed by atoms with Crippen molar-refractivity contribution in [3.63, 3.8) is 0 Å². The predicted molar refractivity (Wildman–Crippen MR) is 68.0 cm³/mol. The Bertz CT molecular complexity index is 229. The van der Waals surface area contributed by atoms with Crippen molar-refractivity contribution in [1.82, 2.24) is 5.32 Å². The minimum atomic E-state index is 0.232. The molecule has 16 heavy (non-hydrogen) atoms. The third-order valence-corrected chi connectivity index (χ3v) is 3.85. The van der Waals surface area contributed by atoms with Crippen LogP contribution in [-0.4, -0.2) is 12.1 Å². The van der Waals surface area contributed by atoms with Gasteiger partial charge in [-0.25, -0.2) is 0 Å². The van der Waals surface area contributed by atoms with Gasteiger partial charge in [-0.15, -0.1) is 0 Å². The van der Waals surface area contributed by atoms with Crippen molar-refractivity contribution in [1.29, 1.82) is 5.26 Å². The standard InChI is InChI=1S/C14H26N2/c1-4-13(11(2)3)16-14-9-7-5-6-8-12(14)10-15/h11-14,16H,4-9H2,1-3H3. The molecular formula is C14H26N2. The Labute approximate surface area is 100 Å². The lowest BCUT2D eigenvalue weighted by Crippen LogP contribution is -2.44. The zero-order valence-electron chi connectivity index (χ0n) is 11.0. The molecule has 0 aliphatic heterocycles. The lowest BCUT2D eigenvalue weighted by atomic mass is 9.93. The minimum absolute atomic E-state index is 0.232. The van der Waals surface area contributed by atoms with Gasteiger partial charge in [-0.2, -0.15) is 5.26 Å². The summed E-state index contributed by atoms with van der Waals surface area (Å²) in [6, 6.07) is 3.50. The van der Waals surface area contributed by atoms with Crippen LogP contribution in [0.25, 0.3) is 0 Å². The summed E-state index contributed by atoms with van der Waals surface area (Å²) in [7, 11) is 0. The Morgan fingerprint density at radius 3 is 2.50 bits per heavy atom. The second kappa shape index (κ2) is 6.91. The van der Waals surface area contributed by atoms with Gasteiger partial charge in [-0.1, -0.05) is 40.0 Å². The molecule has 3 unspecified atom stereocenters. The Balaban J connectivity index is 2.57. The highest BCUT2D eigenvalue weighted by Gasteiger charge is 2.25. The van der Waals surface area contributed by atoms with E-state index in [9.17, 15) is 5.26 Å². The van der Waals surface area contributed by atoms with Crippen LogP contribution in [-0.2, 0) is 0 Å². The van der Waals surface area contributed by atoms with E-state index < -0.39 is 0 Å². The number of hydrogen-bond donors (Lipinski definition) is 1. The van der Waals surface area contributed by atoms with E-state index in [0.29, 0.717) is 18.0 Å². The molecule has 0 heterocycles.